The van der Waals surface area contributed by atoms with Gasteiger partial charge in [0.2, 0.25) is 5.91 Å². The summed E-state index contributed by atoms with van der Waals surface area (Å²) in [5.41, 5.74) is 0.268. The van der Waals surface area contributed by atoms with E-state index in [0.717, 1.165) is 5.56 Å². The summed E-state index contributed by atoms with van der Waals surface area (Å²) >= 11 is 6.11. The van der Waals surface area contributed by atoms with Crippen molar-refractivity contribution >= 4 is 23.5 Å². The van der Waals surface area contributed by atoms with E-state index in [9.17, 15) is 9.59 Å². The van der Waals surface area contributed by atoms with Crippen LogP contribution in [0, 0.1) is 0 Å². The number of halogens is 1. The number of likely N-dealkylation sites (N-methyl/N-ethyl adjacent to an activating group) is 1. The summed E-state index contributed by atoms with van der Waals surface area (Å²) in [5, 5.41) is 9.34. The minimum atomic E-state index is -0.846. The summed E-state index contributed by atoms with van der Waals surface area (Å²) in [4.78, 5) is 25.4. The van der Waals surface area contributed by atoms with Gasteiger partial charge in [-0.2, -0.15) is 0 Å². The molecule has 1 aliphatic heterocycles. The molecule has 126 valence electrons. The molecule has 0 unspecified atom stereocenters. The van der Waals surface area contributed by atoms with Crippen molar-refractivity contribution < 1.29 is 19.4 Å². The van der Waals surface area contributed by atoms with Crippen molar-refractivity contribution in [1.29, 1.82) is 0 Å². The van der Waals surface area contributed by atoms with E-state index in [2.05, 4.69) is 0 Å². The molecule has 2 rings (SSSR count). The fourth-order valence-corrected chi connectivity index (χ4v) is 3.26. The SMILES string of the molecule is CN(CCCC(=O)O)C(=O)C1(c2cccc(Cl)c2)CCOCC1. The Morgan fingerprint density at radius 3 is 2.65 bits per heavy atom. The Hall–Kier alpha value is -1.59. The molecule has 0 bridgehead atoms. The number of benzene rings is 1. The van der Waals surface area contributed by atoms with Crippen LogP contribution in [0.3, 0.4) is 0 Å². The maximum atomic E-state index is 13.1. The molecule has 6 heteroatoms. The molecular weight excluding hydrogens is 318 g/mol. The van der Waals surface area contributed by atoms with Crippen LogP contribution in [0.1, 0.15) is 31.2 Å². The van der Waals surface area contributed by atoms with Crippen molar-refractivity contribution in [3.63, 3.8) is 0 Å². The van der Waals surface area contributed by atoms with E-state index in [-0.39, 0.29) is 12.3 Å². The number of ether oxygens (including phenoxy) is 1. The van der Waals surface area contributed by atoms with E-state index in [0.29, 0.717) is 44.0 Å². The minimum absolute atomic E-state index is 0.00783. The zero-order chi connectivity index (χ0) is 16.9. The zero-order valence-electron chi connectivity index (χ0n) is 13.3. The average Bonchev–Trinajstić information content (AvgIpc) is 2.54. The number of hydrogen-bond donors (Lipinski definition) is 1. The largest absolute Gasteiger partial charge is 0.481 e. The van der Waals surface area contributed by atoms with Crippen molar-refractivity contribution in [1.82, 2.24) is 4.90 Å². The monoisotopic (exact) mass is 339 g/mol. The van der Waals surface area contributed by atoms with Crippen LogP contribution < -0.4 is 0 Å². The average molecular weight is 340 g/mol. The van der Waals surface area contributed by atoms with Gasteiger partial charge in [-0.25, -0.2) is 0 Å². The van der Waals surface area contributed by atoms with Gasteiger partial charge in [-0.05, 0) is 37.0 Å². The van der Waals surface area contributed by atoms with Crippen LogP contribution in [0.5, 0.6) is 0 Å². The second-order valence-electron chi connectivity index (χ2n) is 5.93. The third-order valence-electron chi connectivity index (χ3n) is 4.36. The molecule has 1 aliphatic rings. The Labute approximate surface area is 141 Å². The number of hydrogen-bond acceptors (Lipinski definition) is 3. The smallest absolute Gasteiger partial charge is 0.303 e. The van der Waals surface area contributed by atoms with E-state index in [1.165, 1.54) is 0 Å². The molecular formula is C17H22ClNO4. The molecule has 23 heavy (non-hydrogen) atoms. The van der Waals surface area contributed by atoms with Gasteiger partial charge < -0.3 is 14.7 Å². The van der Waals surface area contributed by atoms with Gasteiger partial charge in [0.25, 0.3) is 0 Å². The molecule has 5 nitrogen and oxygen atoms in total. The summed E-state index contributed by atoms with van der Waals surface area (Å²) in [6.07, 6.45) is 1.72. The van der Waals surface area contributed by atoms with Crippen molar-refractivity contribution in [2.24, 2.45) is 0 Å². The molecule has 0 atom stereocenters. The predicted octanol–water partition coefficient (Wildman–Crippen LogP) is 2.71. The first kappa shape index (κ1) is 17.8. The summed E-state index contributed by atoms with van der Waals surface area (Å²) in [5.74, 6) is -0.838. The topological polar surface area (TPSA) is 66.8 Å². The van der Waals surface area contributed by atoms with Gasteiger partial charge in [-0.3, -0.25) is 9.59 Å². The predicted molar refractivity (Wildman–Crippen MR) is 87.7 cm³/mol. The molecule has 0 spiro atoms. The highest BCUT2D eigenvalue weighted by atomic mass is 35.5. The Morgan fingerprint density at radius 2 is 2.04 bits per heavy atom. The van der Waals surface area contributed by atoms with E-state index in [1.807, 2.05) is 18.2 Å². The second kappa shape index (κ2) is 7.79. The van der Waals surface area contributed by atoms with Crippen molar-refractivity contribution in [3.05, 3.63) is 34.9 Å². The lowest BCUT2D eigenvalue weighted by Gasteiger charge is -2.39. The van der Waals surface area contributed by atoms with Gasteiger partial charge in [0.1, 0.15) is 0 Å². The Morgan fingerprint density at radius 1 is 1.35 bits per heavy atom. The summed E-state index contributed by atoms with van der Waals surface area (Å²) in [6, 6.07) is 7.42. The summed E-state index contributed by atoms with van der Waals surface area (Å²) in [6.45, 7) is 1.48. The van der Waals surface area contributed by atoms with Gasteiger partial charge in [0.05, 0.1) is 5.41 Å². The number of aliphatic carboxylic acids is 1. The van der Waals surface area contributed by atoms with Gasteiger partial charge in [-0.1, -0.05) is 23.7 Å². The van der Waals surface area contributed by atoms with Gasteiger partial charge in [-0.15, -0.1) is 0 Å². The molecule has 1 amide bonds. The van der Waals surface area contributed by atoms with Crippen LogP contribution >= 0.6 is 11.6 Å². The quantitative estimate of drug-likeness (QED) is 0.865. The lowest BCUT2D eigenvalue weighted by atomic mass is 9.73. The molecule has 0 aliphatic carbocycles. The van der Waals surface area contributed by atoms with Crippen LogP contribution in [0.15, 0.2) is 24.3 Å². The van der Waals surface area contributed by atoms with Crippen molar-refractivity contribution in [2.45, 2.75) is 31.1 Å². The highest BCUT2D eigenvalue weighted by Gasteiger charge is 2.43. The summed E-state index contributed by atoms with van der Waals surface area (Å²) in [7, 11) is 1.73. The number of nitrogens with zero attached hydrogens (tertiary/aromatic N) is 1. The normalized spacial score (nSPS) is 16.8. The van der Waals surface area contributed by atoms with Crippen molar-refractivity contribution in [3.8, 4) is 0 Å². The first-order chi connectivity index (χ1) is 11.0. The van der Waals surface area contributed by atoms with Crippen LogP contribution in [0.4, 0.5) is 0 Å². The standard InChI is InChI=1S/C17H22ClNO4/c1-19(9-3-6-15(20)21)16(22)17(7-10-23-11-8-17)13-4-2-5-14(18)12-13/h2,4-5,12H,3,6-11H2,1H3,(H,20,21). The third-order valence-corrected chi connectivity index (χ3v) is 4.60. The zero-order valence-corrected chi connectivity index (χ0v) is 14.0. The Balaban J connectivity index is 2.20. The van der Waals surface area contributed by atoms with E-state index in [4.69, 9.17) is 21.4 Å². The first-order valence-electron chi connectivity index (χ1n) is 7.77. The molecule has 1 saturated heterocycles. The van der Waals surface area contributed by atoms with Gasteiger partial charge >= 0.3 is 5.97 Å². The number of carboxylic acids is 1. The van der Waals surface area contributed by atoms with Crippen LogP contribution in [0.2, 0.25) is 5.02 Å². The highest BCUT2D eigenvalue weighted by Crippen LogP contribution is 2.37. The third kappa shape index (κ3) is 4.24. The van der Waals surface area contributed by atoms with Crippen LogP contribution in [0.25, 0.3) is 0 Å². The van der Waals surface area contributed by atoms with E-state index < -0.39 is 11.4 Å². The van der Waals surface area contributed by atoms with Crippen LogP contribution in [-0.4, -0.2) is 48.7 Å². The first-order valence-corrected chi connectivity index (χ1v) is 8.15. The lowest BCUT2D eigenvalue weighted by molar-refractivity contribution is -0.141. The van der Waals surface area contributed by atoms with Gasteiger partial charge in [0, 0.05) is 38.2 Å². The van der Waals surface area contributed by atoms with E-state index >= 15 is 0 Å². The summed E-state index contributed by atoms with van der Waals surface area (Å²) < 4.78 is 5.44. The molecule has 1 aromatic rings. The molecule has 1 aromatic carbocycles. The number of carbonyl (C=O) groups is 2. The highest BCUT2D eigenvalue weighted by molar-refractivity contribution is 6.30. The number of carbonyl (C=O) groups excluding carboxylic acids is 1. The van der Waals surface area contributed by atoms with E-state index in [1.54, 1.807) is 18.0 Å². The Kier molecular flexibility index (Phi) is 6.02. The van der Waals surface area contributed by atoms with Gasteiger partial charge in [0.15, 0.2) is 0 Å². The maximum Gasteiger partial charge on any atom is 0.303 e. The number of carboxylic acid groups (broad SMARTS) is 1. The lowest BCUT2D eigenvalue weighted by Crippen LogP contribution is -2.49. The minimum Gasteiger partial charge on any atom is -0.481 e. The molecule has 0 radical (unpaired) electrons. The second-order valence-corrected chi connectivity index (χ2v) is 6.37. The Bertz CT molecular complexity index is 569. The molecule has 1 N–H and O–H groups in total. The molecule has 0 aromatic heterocycles. The number of rotatable bonds is 6. The maximum absolute atomic E-state index is 13.1. The molecule has 1 heterocycles. The van der Waals surface area contributed by atoms with Crippen LogP contribution in [-0.2, 0) is 19.7 Å². The molecule has 0 saturated carbocycles. The number of amides is 1. The molecule has 1 fully saturated rings. The fraction of sp³-hybridized carbons (Fsp3) is 0.529. The van der Waals surface area contributed by atoms with Crippen molar-refractivity contribution in [2.75, 3.05) is 26.8 Å². The fourth-order valence-electron chi connectivity index (χ4n) is 3.07.